The van der Waals surface area contributed by atoms with Gasteiger partial charge in [0, 0.05) is 31.7 Å². The molecule has 2 aromatic rings. The Kier molecular flexibility index (Phi) is 7.20. The molecule has 170 valence electrons. The second-order valence-electron chi connectivity index (χ2n) is 8.44. The highest BCUT2D eigenvalue weighted by Crippen LogP contribution is 2.35. The third-order valence-corrected chi connectivity index (χ3v) is 6.38. The first-order valence-corrected chi connectivity index (χ1v) is 10.8. The number of aromatic nitrogens is 1. The highest BCUT2D eigenvalue weighted by Gasteiger charge is 2.36. The van der Waals surface area contributed by atoms with E-state index in [0.717, 1.165) is 32.2 Å². The van der Waals surface area contributed by atoms with Crippen LogP contribution in [-0.4, -0.2) is 62.8 Å². The van der Waals surface area contributed by atoms with E-state index in [1.54, 1.807) is 25.1 Å². The van der Waals surface area contributed by atoms with Crippen LogP contribution < -0.4 is 15.0 Å². The lowest BCUT2D eigenvalue weighted by molar-refractivity contribution is 0.0700. The third-order valence-electron chi connectivity index (χ3n) is 6.38. The fraction of sp³-hybridized carbons (Fsp3) is 0.565. The number of anilines is 1. The molecule has 1 fully saturated rings. The molecule has 1 aromatic carbocycles. The number of benzene rings is 1. The number of hydrogen-bond acceptors (Lipinski definition) is 6. The summed E-state index contributed by atoms with van der Waals surface area (Å²) in [5.41, 5.74) is 0.822. The molecule has 8 heteroatoms. The lowest BCUT2D eigenvalue weighted by atomic mass is 9.80. The van der Waals surface area contributed by atoms with Crippen molar-refractivity contribution in [2.24, 2.45) is 0 Å². The van der Waals surface area contributed by atoms with E-state index >= 15 is 0 Å². The fourth-order valence-electron chi connectivity index (χ4n) is 4.36. The van der Waals surface area contributed by atoms with Crippen LogP contribution in [0.1, 0.15) is 49.4 Å². The van der Waals surface area contributed by atoms with Gasteiger partial charge in [0.05, 0.1) is 7.11 Å². The van der Waals surface area contributed by atoms with Gasteiger partial charge in [-0.15, -0.1) is 0 Å². The van der Waals surface area contributed by atoms with Crippen LogP contribution in [0.5, 0.6) is 5.75 Å². The third kappa shape index (κ3) is 4.69. The van der Waals surface area contributed by atoms with E-state index in [0.29, 0.717) is 29.2 Å². The van der Waals surface area contributed by atoms with Crippen molar-refractivity contribution in [3.8, 4) is 17.1 Å². The van der Waals surface area contributed by atoms with Crippen LogP contribution >= 0.6 is 0 Å². The van der Waals surface area contributed by atoms with Crippen molar-refractivity contribution >= 4 is 11.7 Å². The average molecular weight is 433 g/mol. The Morgan fingerprint density at radius 3 is 2.58 bits per heavy atom. The first kappa shape index (κ1) is 23.1. The number of nitrogens with zero attached hydrogens (tertiary/aromatic N) is 3. The Morgan fingerprint density at radius 2 is 1.97 bits per heavy atom. The summed E-state index contributed by atoms with van der Waals surface area (Å²) in [5.74, 6) is 0.0694. The van der Waals surface area contributed by atoms with E-state index < -0.39 is 5.82 Å². The van der Waals surface area contributed by atoms with E-state index in [2.05, 4.69) is 29.3 Å². The highest BCUT2D eigenvalue weighted by molar-refractivity contribution is 6.04. The minimum Gasteiger partial charge on any atom is -0.494 e. The van der Waals surface area contributed by atoms with Crippen molar-refractivity contribution in [1.82, 2.24) is 15.4 Å². The van der Waals surface area contributed by atoms with Crippen LogP contribution in [0.3, 0.4) is 0 Å². The van der Waals surface area contributed by atoms with Crippen LogP contribution in [0, 0.1) is 5.82 Å². The molecule has 0 saturated heterocycles. The minimum atomic E-state index is -0.480. The van der Waals surface area contributed by atoms with E-state index in [1.807, 2.05) is 0 Å². The maximum Gasteiger partial charge on any atom is 0.259 e. The van der Waals surface area contributed by atoms with E-state index in [4.69, 9.17) is 9.26 Å². The largest absolute Gasteiger partial charge is 0.494 e. The molecule has 1 aliphatic carbocycles. The summed E-state index contributed by atoms with van der Waals surface area (Å²) in [4.78, 5) is 17.5. The molecule has 0 spiro atoms. The number of carbonyl (C=O) groups is 1. The Bertz CT molecular complexity index is 906. The van der Waals surface area contributed by atoms with E-state index in [1.165, 1.54) is 25.7 Å². The number of carbonyl (C=O) groups excluding carboxylic acids is 1. The predicted molar refractivity (Wildman–Crippen MR) is 119 cm³/mol. The molecule has 0 radical (unpaired) electrons. The number of ether oxygens (including phenoxy) is 1. The Morgan fingerprint density at radius 1 is 1.26 bits per heavy atom. The summed E-state index contributed by atoms with van der Waals surface area (Å²) in [6.45, 7) is 3.62. The molecule has 1 N–H and O–H groups in total. The zero-order valence-corrected chi connectivity index (χ0v) is 19.1. The number of hydrogen-bond donors (Lipinski definition) is 1. The van der Waals surface area contributed by atoms with Crippen molar-refractivity contribution in [3.05, 3.63) is 29.6 Å². The van der Waals surface area contributed by atoms with Gasteiger partial charge in [0.25, 0.3) is 5.91 Å². The first-order chi connectivity index (χ1) is 14.8. The molecule has 31 heavy (non-hydrogen) atoms. The van der Waals surface area contributed by atoms with Crippen LogP contribution in [0.2, 0.25) is 0 Å². The van der Waals surface area contributed by atoms with Crippen LogP contribution in [0.25, 0.3) is 11.3 Å². The van der Waals surface area contributed by atoms with Crippen LogP contribution in [0.4, 0.5) is 10.2 Å². The van der Waals surface area contributed by atoms with E-state index in [-0.39, 0.29) is 17.2 Å². The number of halogens is 1. The van der Waals surface area contributed by atoms with Gasteiger partial charge in [0.2, 0.25) is 0 Å². The molecule has 1 saturated carbocycles. The standard InChI is InChI=1S/C23H33FN4O3/c1-6-28(4)23(12-8-7-9-13-23)15-25-22(29)19-20(31-26-21(19)27(2)3)16-10-11-17(24)18(14-16)30-5/h10-11,14H,6-9,12-13,15H2,1-5H3,(H,25,29). The molecular formula is C23H33FN4O3. The summed E-state index contributed by atoms with van der Waals surface area (Å²) in [6, 6.07) is 4.36. The zero-order chi connectivity index (χ0) is 22.6. The second-order valence-corrected chi connectivity index (χ2v) is 8.44. The Hall–Kier alpha value is -2.61. The summed E-state index contributed by atoms with van der Waals surface area (Å²) in [7, 11) is 7.13. The van der Waals surface area contributed by atoms with Crippen molar-refractivity contribution in [2.45, 2.75) is 44.6 Å². The first-order valence-electron chi connectivity index (χ1n) is 10.8. The number of amides is 1. The second kappa shape index (κ2) is 9.68. The minimum absolute atomic E-state index is 0.0443. The summed E-state index contributed by atoms with van der Waals surface area (Å²) in [6.07, 6.45) is 5.68. The van der Waals surface area contributed by atoms with Gasteiger partial charge in [-0.1, -0.05) is 31.3 Å². The molecule has 0 unspecified atom stereocenters. The summed E-state index contributed by atoms with van der Waals surface area (Å²) < 4.78 is 24.5. The molecule has 1 heterocycles. The number of nitrogens with one attached hydrogen (secondary N) is 1. The molecule has 7 nitrogen and oxygen atoms in total. The summed E-state index contributed by atoms with van der Waals surface area (Å²) in [5, 5.41) is 7.24. The highest BCUT2D eigenvalue weighted by atomic mass is 19.1. The van der Waals surface area contributed by atoms with Crippen LogP contribution in [-0.2, 0) is 0 Å². The molecular weight excluding hydrogens is 399 g/mol. The van der Waals surface area contributed by atoms with E-state index in [9.17, 15) is 9.18 Å². The molecule has 1 aromatic heterocycles. The van der Waals surface area contributed by atoms with Crippen molar-refractivity contribution in [1.29, 1.82) is 0 Å². The van der Waals surface area contributed by atoms with Crippen molar-refractivity contribution < 1.29 is 18.4 Å². The van der Waals surface area contributed by atoms with Crippen molar-refractivity contribution in [3.63, 3.8) is 0 Å². The maximum atomic E-state index is 13.9. The molecule has 1 aliphatic rings. The number of methoxy groups -OCH3 is 1. The van der Waals surface area contributed by atoms with Gasteiger partial charge in [0.15, 0.2) is 23.1 Å². The Labute approximate surface area is 183 Å². The van der Waals surface area contributed by atoms with Gasteiger partial charge in [-0.2, -0.15) is 0 Å². The van der Waals surface area contributed by atoms with Gasteiger partial charge < -0.3 is 19.5 Å². The summed E-state index contributed by atoms with van der Waals surface area (Å²) >= 11 is 0. The SMILES string of the molecule is CCN(C)C1(CNC(=O)c2c(N(C)C)noc2-c2ccc(F)c(OC)c2)CCCCC1. The number of rotatable bonds is 8. The lowest BCUT2D eigenvalue weighted by Gasteiger charge is -2.44. The van der Waals surface area contributed by atoms with Gasteiger partial charge >= 0.3 is 0 Å². The topological polar surface area (TPSA) is 70.8 Å². The molecule has 0 atom stereocenters. The zero-order valence-electron chi connectivity index (χ0n) is 19.1. The molecule has 3 rings (SSSR count). The quantitative estimate of drug-likeness (QED) is 0.681. The fourth-order valence-corrected chi connectivity index (χ4v) is 4.36. The van der Waals surface area contributed by atoms with Gasteiger partial charge in [-0.05, 0) is 44.6 Å². The molecule has 0 bridgehead atoms. The molecule has 1 amide bonds. The van der Waals surface area contributed by atoms with Crippen LogP contribution in [0.15, 0.2) is 22.7 Å². The van der Waals surface area contributed by atoms with Crippen molar-refractivity contribution in [2.75, 3.05) is 46.2 Å². The normalized spacial score (nSPS) is 15.7. The van der Waals surface area contributed by atoms with Gasteiger partial charge in [-0.25, -0.2) is 4.39 Å². The smallest absolute Gasteiger partial charge is 0.259 e. The lowest BCUT2D eigenvalue weighted by Crippen LogP contribution is -2.55. The number of likely N-dealkylation sites (N-methyl/N-ethyl adjacent to an activating group) is 1. The Balaban J connectivity index is 1.92. The van der Waals surface area contributed by atoms with Gasteiger partial charge in [-0.3, -0.25) is 9.69 Å². The maximum absolute atomic E-state index is 13.9. The monoisotopic (exact) mass is 432 g/mol. The molecule has 0 aliphatic heterocycles. The van der Waals surface area contributed by atoms with Gasteiger partial charge in [0.1, 0.15) is 5.56 Å². The average Bonchev–Trinajstić information content (AvgIpc) is 3.23. The predicted octanol–water partition coefficient (Wildman–Crippen LogP) is 3.94.